The van der Waals surface area contributed by atoms with Crippen LogP contribution in [0.5, 0.6) is 0 Å². The number of rotatable bonds is 4. The van der Waals surface area contributed by atoms with Gasteiger partial charge in [-0.3, -0.25) is 9.69 Å². The fourth-order valence-corrected chi connectivity index (χ4v) is 5.91. The summed E-state index contributed by atoms with van der Waals surface area (Å²) in [5.41, 5.74) is 4.87. The van der Waals surface area contributed by atoms with Crippen molar-refractivity contribution in [3.63, 3.8) is 0 Å². The van der Waals surface area contributed by atoms with Crippen molar-refractivity contribution in [2.75, 3.05) is 50.0 Å². The number of hydrogen-bond donors (Lipinski definition) is 2. The molecular weight excluding hydrogens is 550 g/mol. The normalized spacial score (nSPS) is 22.4. The molecule has 38 heavy (non-hydrogen) atoms. The number of halogens is 1. The largest absolute Gasteiger partial charge is 0.444 e. The Morgan fingerprint density at radius 2 is 1.79 bits per heavy atom. The lowest BCUT2D eigenvalue weighted by atomic mass is 9.73. The smallest absolute Gasteiger partial charge is 0.410 e. The van der Waals surface area contributed by atoms with Crippen LogP contribution in [0.15, 0.2) is 57.8 Å². The predicted molar refractivity (Wildman–Crippen MR) is 149 cm³/mol. The molecule has 0 aliphatic carbocycles. The molecule has 1 spiro atoms. The Hall–Kier alpha value is -3.37. The molecule has 10 heteroatoms. The zero-order chi connectivity index (χ0) is 26.7. The van der Waals surface area contributed by atoms with Crippen LogP contribution in [0, 0.1) is 5.41 Å². The zero-order valence-corrected chi connectivity index (χ0v) is 23.2. The lowest BCUT2D eigenvalue weighted by Gasteiger charge is -2.59. The summed E-state index contributed by atoms with van der Waals surface area (Å²) in [5, 5.41) is 10.8. The molecule has 6 rings (SSSR count). The molecule has 2 aromatic rings. The number of likely N-dealkylation sites (tertiary alicyclic amines) is 2. The highest BCUT2D eigenvalue weighted by Gasteiger charge is 2.53. The van der Waals surface area contributed by atoms with Gasteiger partial charge in [0.15, 0.2) is 0 Å². The molecule has 198 valence electrons. The second kappa shape index (κ2) is 9.13. The fraction of sp³-hybridized carbons (Fsp3) is 0.393. The van der Waals surface area contributed by atoms with Crippen molar-refractivity contribution in [3.8, 4) is 0 Å². The van der Waals surface area contributed by atoms with E-state index in [9.17, 15) is 9.59 Å². The lowest BCUT2D eigenvalue weighted by Crippen LogP contribution is -2.73. The van der Waals surface area contributed by atoms with Crippen LogP contribution in [0.3, 0.4) is 0 Å². The molecule has 0 unspecified atom stereocenters. The molecule has 2 amide bonds. The number of hydrogen-bond acceptors (Lipinski definition) is 7. The molecule has 2 fully saturated rings. The topological polar surface area (TPSA) is 95.5 Å². The number of benzene rings is 2. The number of para-hydroxylation sites is 1. The number of ether oxygens (including phenoxy) is 1. The third-order valence-corrected chi connectivity index (χ3v) is 7.63. The van der Waals surface area contributed by atoms with Crippen LogP contribution in [0.25, 0.3) is 5.57 Å². The Balaban J connectivity index is 1.10. The summed E-state index contributed by atoms with van der Waals surface area (Å²) >= 11 is 3.51. The second-order valence-corrected chi connectivity index (χ2v) is 12.3. The van der Waals surface area contributed by atoms with Gasteiger partial charge in [-0.2, -0.15) is 0 Å². The lowest BCUT2D eigenvalue weighted by molar-refractivity contribution is -0.116. The number of nitrogens with one attached hydrogen (secondary N) is 2. The van der Waals surface area contributed by atoms with Crippen LogP contribution in [0.4, 0.5) is 16.2 Å². The summed E-state index contributed by atoms with van der Waals surface area (Å²) in [4.78, 5) is 35.1. The molecule has 0 radical (unpaired) electrons. The maximum Gasteiger partial charge on any atom is 0.410 e. The minimum Gasteiger partial charge on any atom is -0.444 e. The highest BCUT2D eigenvalue weighted by molar-refractivity contribution is 9.10. The first-order chi connectivity index (χ1) is 18.1. The predicted octanol–water partition coefficient (Wildman–Crippen LogP) is 4.51. The van der Waals surface area contributed by atoms with E-state index in [1.807, 2.05) is 63.2 Å². The number of carbonyl (C=O) groups is 2. The number of carbonyl (C=O) groups excluding carboxylic acids is 2. The summed E-state index contributed by atoms with van der Waals surface area (Å²) < 4.78 is 6.36. The van der Waals surface area contributed by atoms with Crippen LogP contribution in [0.1, 0.15) is 31.9 Å². The molecule has 4 aliphatic heterocycles. The monoisotopic (exact) mass is 579 g/mol. The Morgan fingerprint density at radius 1 is 1.05 bits per heavy atom. The van der Waals surface area contributed by atoms with Gasteiger partial charge in [-0.05, 0) is 45.0 Å². The van der Waals surface area contributed by atoms with E-state index in [1.165, 1.54) is 0 Å². The Labute approximate surface area is 230 Å². The van der Waals surface area contributed by atoms with E-state index in [4.69, 9.17) is 9.57 Å². The zero-order valence-electron chi connectivity index (χ0n) is 21.6. The van der Waals surface area contributed by atoms with Gasteiger partial charge in [0.2, 0.25) is 0 Å². The van der Waals surface area contributed by atoms with E-state index < -0.39 is 5.60 Å². The third kappa shape index (κ3) is 4.56. The number of oxime groups is 1. The standard InChI is InChI=1S/C28H30BrN5O4/c1-27(2,3)38-26(36)34-15-28(16-34)13-33(14-28)10-11-37-32-23-18-6-4-5-7-20(18)30-24(23)22-19-12-17(29)8-9-21(19)31-25(22)35/h4-9,12,30H,10-11,13-16H2,1-3H3,(H,31,35)/b24-22-,32-23+. The van der Waals surface area contributed by atoms with Crippen LogP contribution in [-0.4, -0.2) is 72.4 Å². The minimum absolute atomic E-state index is 0.173. The first-order valence-corrected chi connectivity index (χ1v) is 13.5. The van der Waals surface area contributed by atoms with Crippen LogP contribution < -0.4 is 10.6 Å². The molecule has 0 saturated carbocycles. The first kappa shape index (κ1) is 24.9. The number of allylic oxidation sites excluding steroid dienone is 1. The molecule has 4 heterocycles. The highest BCUT2D eigenvalue weighted by atomic mass is 79.9. The molecule has 4 aliphatic rings. The van der Waals surface area contributed by atoms with Gasteiger partial charge in [0.1, 0.15) is 17.9 Å². The van der Waals surface area contributed by atoms with Crippen molar-refractivity contribution in [1.29, 1.82) is 0 Å². The number of nitrogens with zero attached hydrogens (tertiary/aromatic N) is 3. The maximum atomic E-state index is 13.0. The average molecular weight is 580 g/mol. The van der Waals surface area contributed by atoms with Crippen LogP contribution >= 0.6 is 15.9 Å². The van der Waals surface area contributed by atoms with Crippen LogP contribution in [0.2, 0.25) is 0 Å². The van der Waals surface area contributed by atoms with E-state index in [0.717, 1.165) is 59.7 Å². The molecule has 0 aromatic heterocycles. The molecule has 2 aromatic carbocycles. The SMILES string of the molecule is CC(C)(C)OC(=O)N1CC2(CN(CCO/N=C3/C(=C4/C(=O)Nc5ccc(Br)cc54)Nc4ccccc43)C2)C1. The van der Waals surface area contributed by atoms with Gasteiger partial charge in [-0.15, -0.1) is 0 Å². The van der Waals surface area contributed by atoms with Crippen molar-refractivity contribution >= 4 is 50.6 Å². The second-order valence-electron chi connectivity index (χ2n) is 11.4. The van der Waals surface area contributed by atoms with Crippen molar-refractivity contribution in [3.05, 3.63) is 63.8 Å². The van der Waals surface area contributed by atoms with Gasteiger partial charge in [-0.1, -0.05) is 39.3 Å². The van der Waals surface area contributed by atoms with Crippen molar-refractivity contribution in [2.45, 2.75) is 26.4 Å². The summed E-state index contributed by atoms with van der Waals surface area (Å²) in [5.74, 6) is -0.173. The van der Waals surface area contributed by atoms with Gasteiger partial charge in [0.25, 0.3) is 5.91 Å². The van der Waals surface area contributed by atoms with Gasteiger partial charge in [-0.25, -0.2) is 4.79 Å². The summed E-state index contributed by atoms with van der Waals surface area (Å²) in [6, 6.07) is 13.5. The number of fused-ring (bicyclic) bond motifs is 2. The number of amides is 2. The molecule has 0 bridgehead atoms. The molecule has 2 N–H and O–H groups in total. The summed E-state index contributed by atoms with van der Waals surface area (Å²) in [7, 11) is 0. The van der Waals surface area contributed by atoms with Crippen molar-refractivity contribution < 1.29 is 19.2 Å². The Bertz CT molecular complexity index is 1380. The van der Waals surface area contributed by atoms with E-state index in [1.54, 1.807) is 4.90 Å². The average Bonchev–Trinajstić information content (AvgIpc) is 3.31. The maximum absolute atomic E-state index is 13.0. The summed E-state index contributed by atoms with van der Waals surface area (Å²) in [6.07, 6.45) is -0.234. The third-order valence-electron chi connectivity index (χ3n) is 7.13. The number of anilines is 2. The molecule has 9 nitrogen and oxygen atoms in total. The van der Waals surface area contributed by atoms with Gasteiger partial charge < -0.3 is 25.1 Å². The Morgan fingerprint density at radius 3 is 2.55 bits per heavy atom. The summed E-state index contributed by atoms with van der Waals surface area (Å²) in [6.45, 7) is 10.1. The van der Waals surface area contributed by atoms with Gasteiger partial charge >= 0.3 is 6.09 Å². The van der Waals surface area contributed by atoms with Crippen molar-refractivity contribution in [2.24, 2.45) is 10.6 Å². The van der Waals surface area contributed by atoms with Gasteiger partial charge in [0.05, 0.1) is 11.3 Å². The molecular formula is C28H30BrN5O4. The fourth-order valence-electron chi connectivity index (χ4n) is 5.55. The quantitative estimate of drug-likeness (QED) is 0.314. The highest BCUT2D eigenvalue weighted by Crippen LogP contribution is 2.41. The van der Waals surface area contributed by atoms with Crippen molar-refractivity contribution in [1.82, 2.24) is 9.80 Å². The van der Waals surface area contributed by atoms with E-state index in [0.29, 0.717) is 23.6 Å². The van der Waals surface area contributed by atoms with E-state index in [-0.39, 0.29) is 17.4 Å². The van der Waals surface area contributed by atoms with Crippen LogP contribution in [-0.2, 0) is 14.4 Å². The van der Waals surface area contributed by atoms with E-state index >= 15 is 0 Å². The minimum atomic E-state index is -0.475. The Kier molecular flexibility index (Phi) is 5.99. The van der Waals surface area contributed by atoms with Gasteiger partial charge in [0, 0.05) is 65.1 Å². The first-order valence-electron chi connectivity index (χ1n) is 12.7. The van der Waals surface area contributed by atoms with E-state index in [2.05, 4.69) is 36.6 Å². The molecule has 0 atom stereocenters. The molecule has 2 saturated heterocycles.